The van der Waals surface area contributed by atoms with Crippen LogP contribution in [0.1, 0.15) is 93.4 Å². The molecule has 39 heavy (non-hydrogen) atoms. The van der Waals surface area contributed by atoms with Crippen molar-refractivity contribution in [3.63, 3.8) is 0 Å². The lowest BCUT2D eigenvalue weighted by Crippen LogP contribution is -2.68. The van der Waals surface area contributed by atoms with Gasteiger partial charge in [-0.1, -0.05) is 54.0 Å². The molecule has 7 heteroatoms. The molecule has 6 rings (SSSR count). The fourth-order valence-electron chi connectivity index (χ4n) is 11.2. The van der Waals surface area contributed by atoms with Crippen molar-refractivity contribution >= 4 is 23.4 Å². The highest BCUT2D eigenvalue weighted by molar-refractivity contribution is 6.15. The van der Waals surface area contributed by atoms with Crippen LogP contribution in [-0.2, 0) is 28.7 Å². The molecule has 6 aliphatic rings. The van der Waals surface area contributed by atoms with Crippen LogP contribution in [0.3, 0.4) is 0 Å². The molecule has 5 aliphatic carbocycles. The van der Waals surface area contributed by atoms with Crippen LogP contribution >= 0.6 is 0 Å². The van der Waals surface area contributed by atoms with Gasteiger partial charge in [-0.2, -0.15) is 0 Å². The highest BCUT2D eigenvalue weighted by Crippen LogP contribution is 2.77. The molecule has 2 N–H and O–H groups in total. The van der Waals surface area contributed by atoms with Crippen LogP contribution in [0.4, 0.5) is 0 Å². The van der Waals surface area contributed by atoms with Crippen LogP contribution in [0.15, 0.2) is 11.6 Å². The van der Waals surface area contributed by atoms with Crippen LogP contribution in [0.25, 0.3) is 0 Å². The Bertz CT molecular complexity index is 1250. The third-order valence-electron chi connectivity index (χ3n) is 13.5. The maximum atomic E-state index is 14.5. The lowest BCUT2D eigenvalue weighted by molar-refractivity contribution is -0.192. The van der Waals surface area contributed by atoms with Gasteiger partial charge in [0.25, 0.3) is 5.91 Å². The Kier molecular flexibility index (Phi) is 5.17. The fraction of sp³-hybridized carbons (Fsp3) is 0.812. The van der Waals surface area contributed by atoms with Crippen molar-refractivity contribution in [3.05, 3.63) is 11.6 Å². The van der Waals surface area contributed by atoms with E-state index in [0.29, 0.717) is 6.42 Å². The van der Waals surface area contributed by atoms with E-state index in [9.17, 15) is 19.2 Å². The average Bonchev–Trinajstić information content (AvgIpc) is 3.62. The number of fused-ring (bicyclic) bond motifs is 9. The smallest absolute Gasteiger partial charge is 0.312 e. The number of hydrogen-bond donors (Lipinski definition) is 1. The Balaban J connectivity index is 1.53. The van der Waals surface area contributed by atoms with Crippen molar-refractivity contribution in [2.24, 2.45) is 56.0 Å². The molecule has 9 atom stereocenters. The molecule has 0 bridgehead atoms. The molecule has 0 aromatic carbocycles. The molecule has 1 heterocycles. The summed E-state index contributed by atoms with van der Waals surface area (Å²) in [5.74, 6) is -1.51. The van der Waals surface area contributed by atoms with Gasteiger partial charge in [-0.25, -0.2) is 0 Å². The topological polar surface area (TPSA) is 116 Å². The van der Waals surface area contributed by atoms with Crippen molar-refractivity contribution in [1.82, 2.24) is 0 Å². The first-order valence-corrected chi connectivity index (χ1v) is 14.8. The highest BCUT2D eigenvalue weighted by Gasteiger charge is 2.84. The summed E-state index contributed by atoms with van der Waals surface area (Å²) in [6.45, 7) is 15.0. The number of amides is 1. The number of methoxy groups -OCH3 is 1. The molecule has 4 saturated carbocycles. The monoisotopic (exact) mass is 539 g/mol. The second-order valence-electron chi connectivity index (χ2n) is 15.8. The number of ketones is 2. The summed E-state index contributed by atoms with van der Waals surface area (Å²) in [6.07, 6.45) is 6.79. The van der Waals surface area contributed by atoms with E-state index >= 15 is 0 Å². The number of esters is 1. The van der Waals surface area contributed by atoms with E-state index in [-0.39, 0.29) is 51.5 Å². The second-order valence-corrected chi connectivity index (χ2v) is 15.8. The van der Waals surface area contributed by atoms with Crippen molar-refractivity contribution in [3.8, 4) is 0 Å². The number of allylic oxidation sites excluding steroid dienone is 1. The Morgan fingerprint density at radius 3 is 2.23 bits per heavy atom. The van der Waals surface area contributed by atoms with E-state index < -0.39 is 33.9 Å². The summed E-state index contributed by atoms with van der Waals surface area (Å²) in [4.78, 5) is 54.3. The second kappa shape index (κ2) is 7.43. The van der Waals surface area contributed by atoms with Crippen molar-refractivity contribution in [2.45, 2.75) is 105 Å². The van der Waals surface area contributed by atoms with Gasteiger partial charge in [0.1, 0.15) is 6.10 Å². The number of nitrogens with two attached hydrogens (primary N) is 1. The number of ether oxygens (including phenoxy) is 2. The number of hydrogen-bond acceptors (Lipinski definition) is 6. The average molecular weight is 540 g/mol. The fourth-order valence-corrected chi connectivity index (χ4v) is 11.2. The Hall–Kier alpha value is -2.02. The number of Topliss-reactive ketones (excluding diaryl/α,β-unsaturated/α-hetero) is 1. The maximum absolute atomic E-state index is 14.5. The normalized spacial score (nSPS) is 50.7. The SMILES string of the molecule is COC(=O)[C@]12CCC(C)(C)CC1C1C(=O)C=C3[C@]4(C)[C@@H](CC[C@@]3(C)[C@]1(C)CC2)C(C)(C)C(=O)[C@]1(C(N)=O)O[C@@H]14. The molecule has 0 aromatic rings. The predicted octanol–water partition coefficient (Wildman–Crippen LogP) is 4.55. The minimum Gasteiger partial charge on any atom is -0.469 e. The van der Waals surface area contributed by atoms with Gasteiger partial charge in [0.15, 0.2) is 11.6 Å². The standard InChI is InChI=1S/C32H45NO6/c1-26(2)11-13-31(25(37)38-8)14-12-29(6)21(17(31)16-26)18(34)15-20-28(29,5)10-9-19-27(3,4)22(35)32(24(33)36)23(39-32)30(19,20)7/h15,17,19,21,23H,9-14,16H2,1-8H3,(H2,33,36)/t17?,19-,21?,23+,28+,29+,30-,31-,32-/m0/s1. The number of epoxide rings is 1. The summed E-state index contributed by atoms with van der Waals surface area (Å²) in [7, 11) is 1.47. The molecule has 1 amide bonds. The minimum atomic E-state index is -1.62. The predicted molar refractivity (Wildman–Crippen MR) is 144 cm³/mol. The number of carbonyl (C=O) groups is 4. The summed E-state index contributed by atoms with van der Waals surface area (Å²) < 4.78 is 11.5. The van der Waals surface area contributed by atoms with Crippen LogP contribution in [0.5, 0.6) is 0 Å². The van der Waals surface area contributed by atoms with Crippen LogP contribution in [0, 0.1) is 50.2 Å². The molecular weight excluding hydrogens is 494 g/mol. The van der Waals surface area contributed by atoms with E-state index in [1.54, 1.807) is 0 Å². The van der Waals surface area contributed by atoms with Crippen molar-refractivity contribution < 1.29 is 28.7 Å². The van der Waals surface area contributed by atoms with Crippen molar-refractivity contribution in [1.29, 1.82) is 0 Å². The van der Waals surface area contributed by atoms with E-state index in [1.807, 2.05) is 19.9 Å². The zero-order chi connectivity index (χ0) is 28.8. The first-order valence-electron chi connectivity index (χ1n) is 14.8. The summed E-state index contributed by atoms with van der Waals surface area (Å²) in [6, 6.07) is 0. The lowest BCUT2D eigenvalue weighted by atomic mass is 9.33. The molecule has 0 aromatic heterocycles. The summed E-state index contributed by atoms with van der Waals surface area (Å²) in [5.41, 5.74) is 2.41. The quantitative estimate of drug-likeness (QED) is 0.313. The summed E-state index contributed by atoms with van der Waals surface area (Å²) in [5, 5.41) is 0. The molecule has 214 valence electrons. The zero-order valence-corrected chi connectivity index (χ0v) is 24.9. The van der Waals surface area contributed by atoms with Gasteiger partial charge in [-0.15, -0.1) is 0 Å². The highest BCUT2D eigenvalue weighted by atomic mass is 16.6. The third-order valence-corrected chi connectivity index (χ3v) is 13.5. The van der Waals surface area contributed by atoms with Gasteiger partial charge in [-0.3, -0.25) is 19.2 Å². The number of carbonyl (C=O) groups excluding carboxylic acids is 4. The number of primary amides is 1. The van der Waals surface area contributed by atoms with Gasteiger partial charge in [0.05, 0.1) is 12.5 Å². The molecule has 1 aliphatic heterocycles. The Morgan fingerprint density at radius 1 is 0.974 bits per heavy atom. The van der Waals surface area contributed by atoms with Crippen molar-refractivity contribution in [2.75, 3.05) is 7.11 Å². The first kappa shape index (κ1) is 27.2. The molecular formula is C32H45NO6. The van der Waals surface area contributed by atoms with Gasteiger partial charge >= 0.3 is 5.97 Å². The van der Waals surface area contributed by atoms with E-state index in [2.05, 4.69) is 34.6 Å². The van der Waals surface area contributed by atoms with Gasteiger partial charge in [0.2, 0.25) is 5.60 Å². The molecule has 0 radical (unpaired) electrons. The van der Waals surface area contributed by atoms with E-state index in [1.165, 1.54) is 7.11 Å². The van der Waals surface area contributed by atoms with Gasteiger partial charge in [0, 0.05) is 16.7 Å². The van der Waals surface area contributed by atoms with Crippen LogP contribution in [0.2, 0.25) is 0 Å². The number of rotatable bonds is 2. The van der Waals surface area contributed by atoms with E-state index in [0.717, 1.165) is 44.1 Å². The molecule has 5 fully saturated rings. The summed E-state index contributed by atoms with van der Waals surface area (Å²) >= 11 is 0. The maximum Gasteiger partial charge on any atom is 0.312 e. The van der Waals surface area contributed by atoms with Gasteiger partial charge < -0.3 is 15.2 Å². The molecule has 2 unspecified atom stereocenters. The largest absolute Gasteiger partial charge is 0.469 e. The van der Waals surface area contributed by atoms with E-state index in [4.69, 9.17) is 15.2 Å². The lowest BCUT2D eigenvalue weighted by Gasteiger charge is -2.69. The van der Waals surface area contributed by atoms with Crippen LogP contribution in [-0.4, -0.2) is 42.3 Å². The van der Waals surface area contributed by atoms with Crippen LogP contribution < -0.4 is 5.73 Å². The Morgan fingerprint density at radius 2 is 1.62 bits per heavy atom. The minimum absolute atomic E-state index is 0.0337. The molecule has 7 nitrogen and oxygen atoms in total. The molecule has 0 spiro atoms. The van der Waals surface area contributed by atoms with Gasteiger partial charge in [-0.05, 0) is 79.1 Å². The first-order chi connectivity index (χ1) is 17.9. The molecule has 1 saturated heterocycles. The Labute approximate surface area is 232 Å². The third kappa shape index (κ3) is 2.84. The zero-order valence-electron chi connectivity index (χ0n) is 24.9.